The minimum absolute atomic E-state index is 0.0160. The van der Waals surface area contributed by atoms with Crippen molar-refractivity contribution in [3.05, 3.63) is 23.3 Å². The minimum atomic E-state index is -0.990. The Hall–Kier alpha value is -1.71. The Balaban J connectivity index is 1.79. The highest BCUT2D eigenvalue weighted by Gasteiger charge is 2.67. The van der Waals surface area contributed by atoms with Gasteiger partial charge in [-0.2, -0.15) is 0 Å². The number of Topliss-reactive ketones (excluding diaryl/α,β-unsaturated/α-hetero) is 1. The molecule has 4 rings (SSSR count). The molecule has 0 amide bonds. The van der Waals surface area contributed by atoms with Crippen molar-refractivity contribution in [2.24, 2.45) is 28.6 Å². The van der Waals surface area contributed by atoms with Crippen molar-refractivity contribution in [1.82, 2.24) is 0 Å². The van der Waals surface area contributed by atoms with Crippen molar-refractivity contribution in [2.45, 2.75) is 78.7 Å². The van der Waals surface area contributed by atoms with Gasteiger partial charge in [-0.1, -0.05) is 25.5 Å². The summed E-state index contributed by atoms with van der Waals surface area (Å²) in [6.45, 7) is 9.63. The van der Waals surface area contributed by atoms with Crippen LogP contribution in [0.5, 0.6) is 0 Å². The van der Waals surface area contributed by atoms with Crippen LogP contribution in [-0.4, -0.2) is 23.1 Å². The molecule has 0 aromatic rings. The van der Waals surface area contributed by atoms with E-state index in [2.05, 4.69) is 26.8 Å². The first-order valence-corrected chi connectivity index (χ1v) is 10.7. The van der Waals surface area contributed by atoms with Crippen molar-refractivity contribution in [2.75, 3.05) is 0 Å². The van der Waals surface area contributed by atoms with Crippen LogP contribution in [0.1, 0.15) is 73.1 Å². The van der Waals surface area contributed by atoms with Gasteiger partial charge >= 0.3 is 5.97 Å². The standard InChI is InChI=1S/C24H32O4/c1-14-12-18-19(22(4)9-6-17(27)13-21(14)22)7-10-23(5)20(18)8-11-24(23,15(2)25)28-16(3)26/h12-13,18-20H,6-11H2,1-5H3/t18-,19+,20+,22-,23+,24+/m0/s1. The number of rotatable bonds is 2. The maximum absolute atomic E-state index is 12.8. The number of hydrogen-bond acceptors (Lipinski definition) is 4. The van der Waals surface area contributed by atoms with Crippen LogP contribution in [0.4, 0.5) is 0 Å². The van der Waals surface area contributed by atoms with Crippen molar-refractivity contribution in [3.8, 4) is 0 Å². The minimum Gasteiger partial charge on any atom is -0.451 e. The Morgan fingerprint density at radius 1 is 1.07 bits per heavy atom. The summed E-state index contributed by atoms with van der Waals surface area (Å²) in [5.74, 6) is 1.03. The average molecular weight is 385 g/mol. The molecule has 4 nitrogen and oxygen atoms in total. The second kappa shape index (κ2) is 6.14. The van der Waals surface area contributed by atoms with Gasteiger partial charge in [-0.05, 0) is 80.8 Å². The molecule has 0 radical (unpaired) electrons. The summed E-state index contributed by atoms with van der Waals surface area (Å²) in [5, 5.41) is 0. The highest BCUT2D eigenvalue weighted by Crippen LogP contribution is 2.67. The summed E-state index contributed by atoms with van der Waals surface area (Å²) < 4.78 is 5.82. The van der Waals surface area contributed by atoms with Crippen molar-refractivity contribution < 1.29 is 19.1 Å². The molecular formula is C24H32O4. The quantitative estimate of drug-likeness (QED) is 0.654. The molecule has 6 atom stereocenters. The molecular weight excluding hydrogens is 352 g/mol. The number of ketones is 2. The van der Waals surface area contributed by atoms with Crippen LogP contribution in [0.25, 0.3) is 0 Å². The number of carbonyl (C=O) groups is 3. The lowest BCUT2D eigenvalue weighted by atomic mass is 9.47. The Kier molecular flexibility index (Phi) is 4.30. The fraction of sp³-hybridized carbons (Fsp3) is 0.708. The smallest absolute Gasteiger partial charge is 0.303 e. The first-order valence-electron chi connectivity index (χ1n) is 10.7. The molecule has 2 saturated carbocycles. The molecule has 0 N–H and O–H groups in total. The van der Waals surface area contributed by atoms with Gasteiger partial charge in [0.1, 0.15) is 0 Å². The van der Waals surface area contributed by atoms with Crippen LogP contribution in [0, 0.1) is 28.6 Å². The van der Waals surface area contributed by atoms with Crippen molar-refractivity contribution in [3.63, 3.8) is 0 Å². The normalized spacial score (nSPS) is 44.6. The third-order valence-corrected chi connectivity index (χ3v) is 8.84. The molecule has 0 aliphatic heterocycles. The summed E-state index contributed by atoms with van der Waals surface area (Å²) in [6, 6.07) is 0. The van der Waals surface area contributed by atoms with Gasteiger partial charge in [0, 0.05) is 18.8 Å². The lowest BCUT2D eigenvalue weighted by molar-refractivity contribution is -0.185. The summed E-state index contributed by atoms with van der Waals surface area (Å²) in [7, 11) is 0. The number of esters is 1. The Morgan fingerprint density at radius 2 is 1.75 bits per heavy atom. The van der Waals surface area contributed by atoms with Crippen LogP contribution >= 0.6 is 0 Å². The molecule has 4 aliphatic rings. The highest BCUT2D eigenvalue weighted by molar-refractivity contribution is 5.92. The number of allylic oxidation sites excluding steroid dienone is 4. The first kappa shape index (κ1) is 19.6. The maximum Gasteiger partial charge on any atom is 0.303 e. The zero-order valence-corrected chi connectivity index (χ0v) is 17.8. The van der Waals surface area contributed by atoms with E-state index >= 15 is 0 Å². The number of ether oxygens (including phenoxy) is 1. The zero-order valence-electron chi connectivity index (χ0n) is 17.8. The molecule has 28 heavy (non-hydrogen) atoms. The van der Waals surface area contributed by atoms with Gasteiger partial charge in [0.25, 0.3) is 0 Å². The van der Waals surface area contributed by atoms with E-state index in [-0.39, 0.29) is 28.4 Å². The second-order valence-corrected chi connectivity index (χ2v) is 10.1. The predicted octanol–water partition coefficient (Wildman–Crippen LogP) is 4.58. The van der Waals surface area contributed by atoms with Crippen LogP contribution in [0.3, 0.4) is 0 Å². The van der Waals surface area contributed by atoms with Gasteiger partial charge in [-0.3, -0.25) is 14.4 Å². The average Bonchev–Trinajstić information content (AvgIpc) is 2.90. The monoisotopic (exact) mass is 384 g/mol. The third kappa shape index (κ3) is 2.39. The van der Waals surface area contributed by atoms with Gasteiger partial charge in [-0.25, -0.2) is 0 Å². The lowest BCUT2D eigenvalue weighted by Gasteiger charge is -2.58. The van der Waals surface area contributed by atoms with E-state index < -0.39 is 5.60 Å². The molecule has 0 aromatic heterocycles. The SMILES string of the molecule is CC(=O)O[C@@]1(C(C)=O)CC[C@@H]2[C@H]3C=C(C)C4=CC(=O)CC[C@@]4(C)[C@@H]3CC[C@]21C. The molecule has 0 unspecified atom stereocenters. The van der Waals surface area contributed by atoms with E-state index in [4.69, 9.17) is 4.74 Å². The largest absolute Gasteiger partial charge is 0.451 e. The summed E-state index contributed by atoms with van der Waals surface area (Å²) in [6.07, 6.45) is 9.20. The van der Waals surface area contributed by atoms with E-state index in [0.29, 0.717) is 30.6 Å². The Bertz CT molecular complexity index is 820. The molecule has 0 aromatic carbocycles. The van der Waals surface area contributed by atoms with E-state index in [1.54, 1.807) is 6.92 Å². The van der Waals surface area contributed by atoms with Gasteiger partial charge in [0.2, 0.25) is 0 Å². The molecule has 0 saturated heterocycles. The van der Waals surface area contributed by atoms with E-state index in [0.717, 1.165) is 25.7 Å². The zero-order chi connectivity index (χ0) is 20.5. The van der Waals surface area contributed by atoms with Gasteiger partial charge in [-0.15, -0.1) is 0 Å². The van der Waals surface area contributed by atoms with E-state index in [9.17, 15) is 14.4 Å². The molecule has 2 fully saturated rings. The van der Waals surface area contributed by atoms with E-state index in [1.165, 1.54) is 18.1 Å². The second-order valence-electron chi connectivity index (χ2n) is 10.1. The van der Waals surface area contributed by atoms with Gasteiger partial charge < -0.3 is 4.74 Å². The van der Waals surface area contributed by atoms with Crippen molar-refractivity contribution in [1.29, 1.82) is 0 Å². The van der Waals surface area contributed by atoms with Gasteiger partial charge in [0.05, 0.1) is 0 Å². The maximum atomic E-state index is 12.8. The number of hydrogen-bond donors (Lipinski definition) is 0. The molecule has 152 valence electrons. The summed E-state index contributed by atoms with van der Waals surface area (Å²) in [5.41, 5.74) is 1.15. The van der Waals surface area contributed by atoms with Gasteiger partial charge in [0.15, 0.2) is 17.2 Å². The predicted molar refractivity (Wildman–Crippen MR) is 106 cm³/mol. The Labute approximate surface area is 167 Å². The number of carbonyl (C=O) groups excluding carboxylic acids is 3. The first-order chi connectivity index (χ1) is 13.0. The van der Waals surface area contributed by atoms with Crippen LogP contribution in [0.2, 0.25) is 0 Å². The molecule has 4 aliphatic carbocycles. The summed E-state index contributed by atoms with van der Waals surface area (Å²) >= 11 is 0. The molecule has 4 heteroatoms. The molecule has 0 heterocycles. The lowest BCUT2D eigenvalue weighted by Crippen LogP contribution is -2.58. The summed E-state index contributed by atoms with van der Waals surface area (Å²) in [4.78, 5) is 36.8. The van der Waals surface area contributed by atoms with Crippen LogP contribution in [-0.2, 0) is 19.1 Å². The van der Waals surface area contributed by atoms with E-state index in [1.807, 2.05) is 6.08 Å². The molecule has 0 spiro atoms. The van der Waals surface area contributed by atoms with Crippen LogP contribution < -0.4 is 0 Å². The Morgan fingerprint density at radius 3 is 2.39 bits per heavy atom. The highest BCUT2D eigenvalue weighted by atomic mass is 16.6. The molecule has 0 bridgehead atoms. The number of fused-ring (bicyclic) bond motifs is 5. The third-order valence-electron chi connectivity index (χ3n) is 8.84. The topological polar surface area (TPSA) is 60.4 Å². The fourth-order valence-electron chi connectivity index (χ4n) is 7.48. The van der Waals surface area contributed by atoms with Crippen molar-refractivity contribution >= 4 is 17.5 Å². The van der Waals surface area contributed by atoms with Crippen LogP contribution in [0.15, 0.2) is 23.3 Å². The fourth-order valence-corrected chi connectivity index (χ4v) is 7.48.